The number of nitrogens with zero attached hydrogens (tertiary/aromatic N) is 1. The molecule has 0 bridgehead atoms. The van der Waals surface area contributed by atoms with Crippen LogP contribution >= 0.6 is 0 Å². The molecule has 0 aromatic heterocycles. The molecule has 1 heterocycles. The zero-order valence-corrected chi connectivity index (χ0v) is 13.3. The van der Waals surface area contributed by atoms with E-state index in [2.05, 4.69) is 12.2 Å². The maximum absolute atomic E-state index is 13.5. The molecule has 0 spiro atoms. The first-order valence-electron chi connectivity index (χ1n) is 8.10. The first-order valence-corrected chi connectivity index (χ1v) is 8.10. The summed E-state index contributed by atoms with van der Waals surface area (Å²) in [4.78, 5) is 14.5. The predicted octanol–water partition coefficient (Wildman–Crippen LogP) is 4.76. The molecule has 1 fully saturated rings. The lowest BCUT2D eigenvalue weighted by Gasteiger charge is -2.26. The minimum absolute atomic E-state index is 0.0560. The van der Waals surface area contributed by atoms with Crippen LogP contribution in [-0.4, -0.2) is 17.5 Å². The van der Waals surface area contributed by atoms with Gasteiger partial charge in [-0.15, -0.1) is 0 Å². The number of nitrogens with one attached hydrogen (secondary N) is 1. The van der Waals surface area contributed by atoms with Crippen molar-refractivity contribution < 1.29 is 9.18 Å². The summed E-state index contributed by atoms with van der Waals surface area (Å²) in [5, 5.41) is 3.01. The SMILES string of the molecule is CCc1ccccc1NC(=O)N1CCCC1c1cccc(F)c1. The molecule has 1 N–H and O–H groups in total. The molecule has 2 amide bonds. The van der Waals surface area contributed by atoms with Gasteiger partial charge < -0.3 is 10.2 Å². The van der Waals surface area contributed by atoms with Gasteiger partial charge in [-0.05, 0) is 48.6 Å². The molecule has 4 heteroatoms. The van der Waals surface area contributed by atoms with Gasteiger partial charge in [-0.25, -0.2) is 9.18 Å². The lowest BCUT2D eigenvalue weighted by molar-refractivity contribution is 0.207. The third kappa shape index (κ3) is 3.36. The number of para-hydroxylation sites is 1. The molecule has 3 nitrogen and oxygen atoms in total. The molecular formula is C19H21FN2O. The Morgan fingerprint density at radius 2 is 2.09 bits per heavy atom. The second kappa shape index (κ2) is 6.82. The van der Waals surface area contributed by atoms with Crippen molar-refractivity contribution in [3.8, 4) is 0 Å². The molecule has 1 atom stereocenters. The van der Waals surface area contributed by atoms with Crippen LogP contribution in [0.4, 0.5) is 14.9 Å². The molecular weight excluding hydrogens is 291 g/mol. The molecule has 1 aliphatic rings. The molecule has 1 aliphatic heterocycles. The Morgan fingerprint density at radius 1 is 1.26 bits per heavy atom. The molecule has 0 radical (unpaired) electrons. The van der Waals surface area contributed by atoms with Gasteiger partial charge in [0.25, 0.3) is 0 Å². The summed E-state index contributed by atoms with van der Waals surface area (Å²) in [6.45, 7) is 2.76. The molecule has 23 heavy (non-hydrogen) atoms. The Morgan fingerprint density at radius 3 is 2.87 bits per heavy atom. The van der Waals surface area contributed by atoms with E-state index in [9.17, 15) is 9.18 Å². The normalized spacial score (nSPS) is 17.3. The first kappa shape index (κ1) is 15.5. The zero-order chi connectivity index (χ0) is 16.2. The Kier molecular flexibility index (Phi) is 4.60. The lowest BCUT2D eigenvalue weighted by atomic mass is 10.0. The Bertz CT molecular complexity index is 701. The number of likely N-dealkylation sites (tertiary alicyclic amines) is 1. The van der Waals surface area contributed by atoms with Crippen molar-refractivity contribution in [1.29, 1.82) is 0 Å². The second-order valence-electron chi connectivity index (χ2n) is 5.85. The number of carbonyl (C=O) groups excluding carboxylic acids is 1. The van der Waals surface area contributed by atoms with E-state index in [4.69, 9.17) is 0 Å². The average Bonchev–Trinajstić information content (AvgIpc) is 3.05. The highest BCUT2D eigenvalue weighted by atomic mass is 19.1. The van der Waals surface area contributed by atoms with Crippen LogP contribution in [0.5, 0.6) is 0 Å². The molecule has 0 aliphatic carbocycles. The van der Waals surface area contributed by atoms with Gasteiger partial charge >= 0.3 is 6.03 Å². The van der Waals surface area contributed by atoms with Gasteiger partial charge in [-0.3, -0.25) is 0 Å². The number of halogens is 1. The van der Waals surface area contributed by atoms with E-state index in [1.54, 1.807) is 11.0 Å². The fraction of sp³-hybridized carbons (Fsp3) is 0.316. The van der Waals surface area contributed by atoms with Crippen LogP contribution in [0.15, 0.2) is 48.5 Å². The first-order chi connectivity index (χ1) is 11.2. The number of hydrogen-bond donors (Lipinski definition) is 1. The van der Waals surface area contributed by atoms with Crippen molar-refractivity contribution in [2.24, 2.45) is 0 Å². The number of amides is 2. The van der Waals surface area contributed by atoms with Gasteiger partial charge in [0.15, 0.2) is 0 Å². The molecule has 1 unspecified atom stereocenters. The molecule has 0 saturated carbocycles. The minimum atomic E-state index is -0.258. The van der Waals surface area contributed by atoms with Crippen LogP contribution in [0, 0.1) is 5.82 Å². The van der Waals surface area contributed by atoms with Gasteiger partial charge in [0.1, 0.15) is 5.82 Å². The standard InChI is InChI=1S/C19H21FN2O/c1-2-14-7-3-4-10-17(14)21-19(23)22-12-6-11-18(22)15-8-5-9-16(20)13-15/h3-5,7-10,13,18H,2,6,11-12H2,1H3,(H,21,23). The van der Waals surface area contributed by atoms with Crippen LogP contribution < -0.4 is 5.32 Å². The van der Waals surface area contributed by atoms with Crippen LogP contribution in [0.2, 0.25) is 0 Å². The maximum atomic E-state index is 13.5. The van der Waals surface area contributed by atoms with Gasteiger partial charge in [-0.2, -0.15) is 0 Å². The maximum Gasteiger partial charge on any atom is 0.322 e. The zero-order valence-electron chi connectivity index (χ0n) is 13.3. The average molecular weight is 312 g/mol. The van der Waals surface area contributed by atoms with Crippen LogP contribution in [0.3, 0.4) is 0 Å². The topological polar surface area (TPSA) is 32.3 Å². The number of rotatable bonds is 3. The fourth-order valence-electron chi connectivity index (χ4n) is 3.21. The summed E-state index contributed by atoms with van der Waals surface area (Å²) in [7, 11) is 0. The number of aryl methyl sites for hydroxylation is 1. The summed E-state index contributed by atoms with van der Waals surface area (Å²) in [6, 6.07) is 14.2. The van der Waals surface area contributed by atoms with E-state index < -0.39 is 0 Å². The molecule has 2 aromatic rings. The molecule has 120 valence electrons. The van der Waals surface area contributed by atoms with E-state index in [0.29, 0.717) is 6.54 Å². The number of anilines is 1. The van der Waals surface area contributed by atoms with Gasteiger partial charge in [0, 0.05) is 12.2 Å². The quantitative estimate of drug-likeness (QED) is 0.871. The third-order valence-electron chi connectivity index (χ3n) is 4.39. The van der Waals surface area contributed by atoms with Crippen LogP contribution in [0.25, 0.3) is 0 Å². The van der Waals surface area contributed by atoms with Gasteiger partial charge in [-0.1, -0.05) is 37.3 Å². The number of carbonyl (C=O) groups is 1. The highest BCUT2D eigenvalue weighted by Crippen LogP contribution is 2.32. The van der Waals surface area contributed by atoms with Crippen LogP contribution in [0.1, 0.15) is 36.9 Å². The van der Waals surface area contributed by atoms with E-state index in [0.717, 1.165) is 36.1 Å². The Hall–Kier alpha value is -2.36. The predicted molar refractivity (Wildman–Crippen MR) is 89.9 cm³/mol. The fourth-order valence-corrected chi connectivity index (χ4v) is 3.21. The summed E-state index contributed by atoms with van der Waals surface area (Å²) in [5.41, 5.74) is 2.83. The summed E-state index contributed by atoms with van der Waals surface area (Å²) < 4.78 is 13.5. The van der Waals surface area contributed by atoms with Crippen molar-refractivity contribution >= 4 is 11.7 Å². The molecule has 3 rings (SSSR count). The largest absolute Gasteiger partial charge is 0.322 e. The lowest BCUT2D eigenvalue weighted by Crippen LogP contribution is -2.34. The van der Waals surface area contributed by atoms with Crippen molar-refractivity contribution in [3.05, 3.63) is 65.5 Å². The summed E-state index contributed by atoms with van der Waals surface area (Å²) in [6.07, 6.45) is 2.67. The van der Waals surface area contributed by atoms with E-state index in [1.165, 1.54) is 12.1 Å². The number of benzene rings is 2. The van der Waals surface area contributed by atoms with E-state index in [1.807, 2.05) is 30.3 Å². The van der Waals surface area contributed by atoms with Gasteiger partial charge in [0.2, 0.25) is 0 Å². The highest BCUT2D eigenvalue weighted by molar-refractivity contribution is 5.90. The Labute approximate surface area is 136 Å². The Balaban J connectivity index is 1.78. The summed E-state index contributed by atoms with van der Waals surface area (Å²) in [5.74, 6) is -0.258. The van der Waals surface area contributed by atoms with E-state index in [-0.39, 0.29) is 17.9 Å². The molecule has 1 saturated heterocycles. The minimum Gasteiger partial charge on any atom is -0.317 e. The second-order valence-corrected chi connectivity index (χ2v) is 5.85. The summed E-state index contributed by atoms with van der Waals surface area (Å²) >= 11 is 0. The van der Waals surface area contributed by atoms with Crippen molar-refractivity contribution in [2.45, 2.75) is 32.2 Å². The molecule has 2 aromatic carbocycles. The third-order valence-corrected chi connectivity index (χ3v) is 4.39. The van der Waals surface area contributed by atoms with Crippen molar-refractivity contribution in [2.75, 3.05) is 11.9 Å². The van der Waals surface area contributed by atoms with Gasteiger partial charge in [0.05, 0.1) is 6.04 Å². The van der Waals surface area contributed by atoms with Crippen molar-refractivity contribution in [3.63, 3.8) is 0 Å². The number of urea groups is 1. The van der Waals surface area contributed by atoms with Crippen molar-refractivity contribution in [1.82, 2.24) is 4.90 Å². The smallest absolute Gasteiger partial charge is 0.317 e. The monoisotopic (exact) mass is 312 g/mol. The number of hydrogen-bond acceptors (Lipinski definition) is 1. The van der Waals surface area contributed by atoms with E-state index >= 15 is 0 Å². The van der Waals surface area contributed by atoms with Crippen LogP contribution in [-0.2, 0) is 6.42 Å². The highest BCUT2D eigenvalue weighted by Gasteiger charge is 2.30.